The molecule has 0 spiro atoms. The van der Waals surface area contributed by atoms with E-state index in [1.807, 2.05) is 30.3 Å². The molecule has 2 aromatic carbocycles. The zero-order chi connectivity index (χ0) is 24.2. The van der Waals surface area contributed by atoms with E-state index in [1.54, 1.807) is 37.6 Å². The van der Waals surface area contributed by atoms with Crippen LogP contribution in [0.1, 0.15) is 17.5 Å². The first-order chi connectivity index (χ1) is 15.9. The first kappa shape index (κ1) is 25.9. The van der Waals surface area contributed by atoms with Gasteiger partial charge in [0.05, 0.1) is 24.3 Å². The van der Waals surface area contributed by atoms with Crippen LogP contribution in [-0.2, 0) is 16.1 Å². The molecule has 1 N–H and O–H groups in total. The largest absolute Gasteiger partial charge is 0.497 e. The van der Waals surface area contributed by atoms with E-state index in [4.69, 9.17) is 14.2 Å². The van der Waals surface area contributed by atoms with Crippen LogP contribution in [0.2, 0.25) is 0 Å². The summed E-state index contributed by atoms with van der Waals surface area (Å²) < 4.78 is 18.0. The van der Waals surface area contributed by atoms with Gasteiger partial charge < -0.3 is 19.5 Å². The van der Waals surface area contributed by atoms with Crippen molar-refractivity contribution in [2.75, 3.05) is 20.8 Å². The third-order valence-corrected chi connectivity index (χ3v) is 4.82. The molecule has 0 fully saturated rings. The number of amides is 2. The van der Waals surface area contributed by atoms with Gasteiger partial charge in [-0.25, -0.2) is 9.59 Å². The molecule has 2 aromatic rings. The standard InChI is InChI=1S/C25H27BrN2O5/c1-5-9-22(27-25(30)33-17-19-10-7-6-8-11-19)24(29)28(15-18(2)26)16-20-12-13-21(31-3)14-23(20)32-4/h5-8,10-14,16,22H,1-2,9,15,17H2,3-4H3/p+1/t22-/m1/s1. The normalized spacial score (nSPS) is 11.8. The fourth-order valence-electron chi connectivity index (χ4n) is 2.96. The predicted octanol–water partition coefficient (Wildman–Crippen LogP) is 4.44. The minimum atomic E-state index is -0.877. The molecular weight excluding hydrogens is 488 g/mol. The van der Waals surface area contributed by atoms with E-state index in [2.05, 4.69) is 34.4 Å². The van der Waals surface area contributed by atoms with Gasteiger partial charge in [-0.05, 0) is 40.0 Å². The molecule has 0 aliphatic rings. The molecule has 0 aliphatic heterocycles. The van der Waals surface area contributed by atoms with Crippen LogP contribution in [0.4, 0.5) is 4.79 Å². The second-order valence-electron chi connectivity index (χ2n) is 7.00. The van der Waals surface area contributed by atoms with Gasteiger partial charge >= 0.3 is 12.0 Å². The lowest BCUT2D eigenvalue weighted by molar-refractivity contribution is -0.436. The highest BCUT2D eigenvalue weighted by atomic mass is 79.9. The highest BCUT2D eigenvalue weighted by Gasteiger charge is 2.31. The van der Waals surface area contributed by atoms with E-state index >= 15 is 0 Å². The van der Waals surface area contributed by atoms with Crippen LogP contribution < -0.4 is 14.8 Å². The molecule has 0 aromatic heterocycles. The fourth-order valence-corrected chi connectivity index (χ4v) is 3.23. The van der Waals surface area contributed by atoms with Crippen molar-refractivity contribution in [3.63, 3.8) is 0 Å². The average Bonchev–Trinajstić information content (AvgIpc) is 2.82. The molecule has 8 heteroatoms. The molecule has 0 bridgehead atoms. The van der Waals surface area contributed by atoms with Crippen molar-refractivity contribution in [3.8, 4) is 11.5 Å². The van der Waals surface area contributed by atoms with Crippen LogP contribution in [0, 0.1) is 0 Å². The Hall–Kier alpha value is -3.39. The molecule has 7 nitrogen and oxygen atoms in total. The quantitative estimate of drug-likeness (QED) is 0.272. The van der Waals surface area contributed by atoms with Crippen LogP contribution in [-0.4, -0.2) is 49.6 Å². The third-order valence-electron chi connectivity index (χ3n) is 4.57. The molecule has 0 saturated heterocycles. The molecule has 0 radical (unpaired) electrons. The predicted molar refractivity (Wildman–Crippen MR) is 131 cm³/mol. The Labute approximate surface area is 202 Å². The Morgan fingerprint density at radius 1 is 1.15 bits per heavy atom. The van der Waals surface area contributed by atoms with E-state index < -0.39 is 12.1 Å². The van der Waals surface area contributed by atoms with Crippen molar-refractivity contribution < 1.29 is 28.4 Å². The molecule has 2 amide bonds. The first-order valence-corrected chi connectivity index (χ1v) is 11.0. The van der Waals surface area contributed by atoms with Gasteiger partial charge in [-0.2, -0.15) is 4.58 Å². The van der Waals surface area contributed by atoms with Crippen LogP contribution >= 0.6 is 15.9 Å². The lowest BCUT2D eigenvalue weighted by Gasteiger charge is -2.14. The van der Waals surface area contributed by atoms with Crippen molar-refractivity contribution in [3.05, 3.63) is 83.4 Å². The second kappa shape index (κ2) is 13.2. The summed E-state index contributed by atoms with van der Waals surface area (Å²) in [7, 11) is 3.09. The van der Waals surface area contributed by atoms with Crippen LogP contribution in [0.5, 0.6) is 11.5 Å². The van der Waals surface area contributed by atoms with Crippen molar-refractivity contribution >= 4 is 34.1 Å². The number of ether oxygens (including phenoxy) is 3. The second-order valence-corrected chi connectivity index (χ2v) is 8.12. The van der Waals surface area contributed by atoms with Crippen molar-refractivity contribution in [2.45, 2.75) is 19.1 Å². The first-order valence-electron chi connectivity index (χ1n) is 10.2. The summed E-state index contributed by atoms with van der Waals surface area (Å²) in [5.74, 6) is 0.798. The zero-order valence-electron chi connectivity index (χ0n) is 18.8. The number of methoxy groups -OCH3 is 2. The minimum absolute atomic E-state index is 0.0960. The Morgan fingerprint density at radius 3 is 2.48 bits per heavy atom. The summed E-state index contributed by atoms with van der Waals surface area (Å²) in [4.78, 5) is 25.7. The van der Waals surface area contributed by atoms with Gasteiger partial charge in [0.2, 0.25) is 0 Å². The van der Waals surface area contributed by atoms with Crippen molar-refractivity contribution in [1.82, 2.24) is 5.32 Å². The van der Waals surface area contributed by atoms with E-state index in [-0.39, 0.29) is 25.5 Å². The molecule has 0 saturated carbocycles. The topological polar surface area (TPSA) is 76.9 Å². The van der Waals surface area contributed by atoms with Crippen molar-refractivity contribution in [2.24, 2.45) is 0 Å². The molecule has 174 valence electrons. The number of alkyl carbamates (subject to hydrolysis) is 1. The SMILES string of the molecule is C=CC[C@@H](NC(=O)OCc1ccccc1)C(=O)[N+](=Cc1ccc(OC)cc1OC)CC(=C)Br. The minimum Gasteiger partial charge on any atom is -0.497 e. The maximum atomic E-state index is 13.4. The summed E-state index contributed by atoms with van der Waals surface area (Å²) in [6.45, 7) is 7.82. The van der Waals surface area contributed by atoms with Crippen molar-refractivity contribution in [1.29, 1.82) is 0 Å². The molecule has 0 unspecified atom stereocenters. The molecule has 0 aliphatic carbocycles. The van der Waals surface area contributed by atoms with Crippen LogP contribution in [0.3, 0.4) is 0 Å². The van der Waals surface area contributed by atoms with E-state index in [0.29, 0.717) is 21.5 Å². The number of carbonyl (C=O) groups excluding carboxylic acids is 2. The van der Waals surface area contributed by atoms with E-state index in [9.17, 15) is 9.59 Å². The average molecular weight is 516 g/mol. The smallest absolute Gasteiger partial charge is 0.410 e. The van der Waals surface area contributed by atoms with E-state index in [0.717, 1.165) is 5.56 Å². The summed E-state index contributed by atoms with van der Waals surface area (Å²) in [5.41, 5.74) is 1.50. The van der Waals surface area contributed by atoms with Gasteiger partial charge in [-0.15, -0.1) is 6.58 Å². The number of rotatable bonds is 11. The highest BCUT2D eigenvalue weighted by Crippen LogP contribution is 2.23. The van der Waals surface area contributed by atoms with Gasteiger partial charge in [0.15, 0.2) is 18.8 Å². The fraction of sp³-hybridized carbons (Fsp3) is 0.240. The summed E-state index contributed by atoms with van der Waals surface area (Å²) >= 11 is 3.31. The number of benzene rings is 2. The lowest BCUT2D eigenvalue weighted by atomic mass is 10.1. The van der Waals surface area contributed by atoms with Crippen LogP contribution in [0.15, 0.2) is 72.2 Å². The lowest BCUT2D eigenvalue weighted by Crippen LogP contribution is -2.46. The maximum absolute atomic E-state index is 13.4. The molecule has 1 atom stereocenters. The summed E-state index contributed by atoms with van der Waals surface area (Å²) in [6.07, 6.45) is 2.73. The van der Waals surface area contributed by atoms with Gasteiger partial charge in [0, 0.05) is 6.07 Å². The Kier molecular flexibility index (Phi) is 10.4. The number of hydrogen-bond acceptors (Lipinski definition) is 5. The van der Waals surface area contributed by atoms with Crippen LogP contribution in [0.25, 0.3) is 0 Å². The molecular formula is C25H28BrN2O5+. The Morgan fingerprint density at radius 2 is 1.88 bits per heavy atom. The number of nitrogens with zero attached hydrogens (tertiary/aromatic N) is 1. The number of carbonyl (C=O) groups is 2. The van der Waals surface area contributed by atoms with E-state index in [1.165, 1.54) is 11.7 Å². The molecule has 2 rings (SSSR count). The van der Waals surface area contributed by atoms with Gasteiger partial charge in [0.1, 0.15) is 18.1 Å². The number of halogens is 1. The van der Waals surface area contributed by atoms with Gasteiger partial charge in [0.25, 0.3) is 0 Å². The molecule has 0 heterocycles. The monoisotopic (exact) mass is 515 g/mol. The highest BCUT2D eigenvalue weighted by molar-refractivity contribution is 9.11. The zero-order valence-corrected chi connectivity index (χ0v) is 20.3. The third kappa shape index (κ3) is 8.23. The number of hydrogen-bond donors (Lipinski definition) is 1. The number of nitrogens with one attached hydrogen (secondary N) is 1. The maximum Gasteiger partial charge on any atom is 0.410 e. The summed E-state index contributed by atoms with van der Waals surface area (Å²) in [6, 6.07) is 13.7. The Bertz CT molecular complexity index is 1020. The Balaban J connectivity index is 2.24. The van der Waals surface area contributed by atoms with Gasteiger partial charge in [-0.1, -0.05) is 43.0 Å². The molecule has 33 heavy (non-hydrogen) atoms. The van der Waals surface area contributed by atoms with Gasteiger partial charge in [-0.3, -0.25) is 0 Å². The summed E-state index contributed by atoms with van der Waals surface area (Å²) in [5, 5.41) is 2.63.